The Morgan fingerprint density at radius 3 is 1.81 bits per heavy atom. The average Bonchev–Trinajstić information content (AvgIpc) is 2.31. The number of rotatable bonds is 3. The smallest absolute Gasteiger partial charge is 0.132 e. The summed E-state index contributed by atoms with van der Waals surface area (Å²) in [5.41, 5.74) is 2.71. The SMILES string of the molecule is C[N+](C)(Cc1ccccc1)c1ccccc1. The highest BCUT2D eigenvalue weighted by Gasteiger charge is 2.18. The first-order valence-corrected chi connectivity index (χ1v) is 5.61. The Bertz CT molecular complexity index is 432. The van der Waals surface area contributed by atoms with Gasteiger partial charge in [-0.05, 0) is 12.1 Å². The van der Waals surface area contributed by atoms with Gasteiger partial charge in [-0.2, -0.15) is 0 Å². The molecule has 0 amide bonds. The van der Waals surface area contributed by atoms with Gasteiger partial charge < -0.3 is 0 Å². The van der Waals surface area contributed by atoms with Gasteiger partial charge in [-0.25, -0.2) is 0 Å². The molecule has 0 aliphatic rings. The molecule has 16 heavy (non-hydrogen) atoms. The van der Waals surface area contributed by atoms with Crippen molar-refractivity contribution in [2.75, 3.05) is 14.1 Å². The molecule has 0 bridgehead atoms. The fourth-order valence-corrected chi connectivity index (χ4v) is 1.96. The van der Waals surface area contributed by atoms with E-state index in [1.807, 2.05) is 0 Å². The molecule has 0 N–H and O–H groups in total. The number of quaternary nitrogens is 1. The molecule has 1 nitrogen and oxygen atoms in total. The van der Waals surface area contributed by atoms with Gasteiger partial charge in [0.1, 0.15) is 12.2 Å². The summed E-state index contributed by atoms with van der Waals surface area (Å²) in [5.74, 6) is 0. The van der Waals surface area contributed by atoms with Crippen molar-refractivity contribution in [1.29, 1.82) is 0 Å². The molecule has 0 saturated carbocycles. The van der Waals surface area contributed by atoms with Crippen molar-refractivity contribution in [2.24, 2.45) is 0 Å². The lowest BCUT2D eigenvalue weighted by atomic mass is 10.2. The van der Waals surface area contributed by atoms with Crippen LogP contribution in [0.25, 0.3) is 0 Å². The van der Waals surface area contributed by atoms with Crippen LogP contribution in [0.5, 0.6) is 0 Å². The van der Waals surface area contributed by atoms with Crippen LogP contribution in [0, 0.1) is 0 Å². The summed E-state index contributed by atoms with van der Waals surface area (Å²) in [6.45, 7) is 1.02. The molecule has 0 aliphatic heterocycles. The molecule has 2 aromatic rings. The van der Waals surface area contributed by atoms with E-state index in [2.05, 4.69) is 74.8 Å². The highest BCUT2D eigenvalue weighted by Crippen LogP contribution is 2.21. The molecule has 0 unspecified atom stereocenters. The normalized spacial score (nSPS) is 11.4. The van der Waals surface area contributed by atoms with Gasteiger partial charge in [-0.3, -0.25) is 4.48 Å². The Balaban J connectivity index is 2.21. The van der Waals surface area contributed by atoms with E-state index in [0.29, 0.717) is 0 Å². The minimum atomic E-state index is 0.880. The van der Waals surface area contributed by atoms with E-state index >= 15 is 0 Å². The first-order valence-electron chi connectivity index (χ1n) is 5.61. The molecule has 0 spiro atoms. The fourth-order valence-electron chi connectivity index (χ4n) is 1.96. The summed E-state index contributed by atoms with van der Waals surface area (Å²) in [6.07, 6.45) is 0. The van der Waals surface area contributed by atoms with Crippen molar-refractivity contribution in [2.45, 2.75) is 6.54 Å². The van der Waals surface area contributed by atoms with Crippen LogP contribution in [0.1, 0.15) is 5.56 Å². The van der Waals surface area contributed by atoms with Crippen LogP contribution in [0.4, 0.5) is 5.69 Å². The summed E-state index contributed by atoms with van der Waals surface area (Å²) >= 11 is 0. The molecule has 0 saturated heterocycles. The second-order valence-corrected chi connectivity index (χ2v) is 4.66. The standard InChI is InChI=1S/C15H18N/c1-16(2,15-11-7-4-8-12-15)13-14-9-5-3-6-10-14/h3-12H,13H2,1-2H3/q+1. The Kier molecular flexibility index (Phi) is 3.07. The zero-order valence-corrected chi connectivity index (χ0v) is 9.93. The third-order valence-corrected chi connectivity index (χ3v) is 2.88. The van der Waals surface area contributed by atoms with Crippen LogP contribution >= 0.6 is 0 Å². The van der Waals surface area contributed by atoms with Gasteiger partial charge in [-0.1, -0.05) is 48.5 Å². The molecule has 0 aromatic heterocycles. The molecule has 82 valence electrons. The van der Waals surface area contributed by atoms with Crippen LogP contribution in [0.2, 0.25) is 0 Å². The van der Waals surface area contributed by atoms with Crippen molar-refractivity contribution in [3.05, 3.63) is 66.2 Å². The lowest BCUT2D eigenvalue weighted by Gasteiger charge is -2.29. The third-order valence-electron chi connectivity index (χ3n) is 2.88. The van der Waals surface area contributed by atoms with E-state index in [1.54, 1.807) is 0 Å². The van der Waals surface area contributed by atoms with Gasteiger partial charge in [0.05, 0.1) is 14.1 Å². The Morgan fingerprint density at radius 2 is 1.25 bits per heavy atom. The quantitative estimate of drug-likeness (QED) is 0.684. The van der Waals surface area contributed by atoms with Crippen molar-refractivity contribution >= 4 is 5.69 Å². The van der Waals surface area contributed by atoms with E-state index in [0.717, 1.165) is 11.0 Å². The summed E-state index contributed by atoms with van der Waals surface area (Å²) in [5, 5.41) is 0. The Hall–Kier alpha value is -1.60. The maximum atomic E-state index is 2.24. The lowest BCUT2D eigenvalue weighted by molar-refractivity contribution is 0.392. The Morgan fingerprint density at radius 1 is 0.750 bits per heavy atom. The highest BCUT2D eigenvalue weighted by atomic mass is 15.3. The van der Waals surface area contributed by atoms with E-state index in [9.17, 15) is 0 Å². The van der Waals surface area contributed by atoms with Gasteiger partial charge in [0, 0.05) is 5.56 Å². The third kappa shape index (κ3) is 2.50. The van der Waals surface area contributed by atoms with Gasteiger partial charge in [0.15, 0.2) is 0 Å². The molecular weight excluding hydrogens is 194 g/mol. The largest absolute Gasteiger partial charge is 0.292 e. The number of para-hydroxylation sites is 1. The molecule has 2 rings (SSSR count). The van der Waals surface area contributed by atoms with Crippen LogP contribution in [0.3, 0.4) is 0 Å². The number of benzene rings is 2. The second-order valence-electron chi connectivity index (χ2n) is 4.66. The molecule has 0 radical (unpaired) electrons. The molecule has 0 atom stereocenters. The predicted octanol–water partition coefficient (Wildman–Crippen LogP) is 3.45. The minimum absolute atomic E-state index is 0.880. The van der Waals surface area contributed by atoms with E-state index in [-0.39, 0.29) is 0 Å². The monoisotopic (exact) mass is 212 g/mol. The summed E-state index contributed by atoms with van der Waals surface area (Å²) in [4.78, 5) is 0. The number of hydrogen-bond donors (Lipinski definition) is 0. The predicted molar refractivity (Wildman–Crippen MR) is 70.2 cm³/mol. The van der Waals surface area contributed by atoms with Gasteiger partial charge in [0.2, 0.25) is 0 Å². The second kappa shape index (κ2) is 4.50. The van der Waals surface area contributed by atoms with Crippen molar-refractivity contribution in [1.82, 2.24) is 4.48 Å². The van der Waals surface area contributed by atoms with Crippen molar-refractivity contribution in [3.63, 3.8) is 0 Å². The zero-order chi connectivity index (χ0) is 11.4. The van der Waals surface area contributed by atoms with Crippen LogP contribution in [-0.4, -0.2) is 14.1 Å². The maximum absolute atomic E-state index is 2.24. The van der Waals surface area contributed by atoms with E-state index in [1.165, 1.54) is 11.3 Å². The maximum Gasteiger partial charge on any atom is 0.132 e. The summed E-state index contributed by atoms with van der Waals surface area (Å²) in [7, 11) is 4.48. The zero-order valence-electron chi connectivity index (χ0n) is 9.93. The minimum Gasteiger partial charge on any atom is -0.292 e. The molecular formula is C15H18N+. The molecule has 2 aromatic carbocycles. The first kappa shape index (κ1) is 10.9. The summed E-state index contributed by atoms with van der Waals surface area (Å²) in [6, 6.07) is 21.2. The summed E-state index contributed by atoms with van der Waals surface area (Å²) < 4.78 is 0.880. The van der Waals surface area contributed by atoms with E-state index < -0.39 is 0 Å². The topological polar surface area (TPSA) is 0 Å². The van der Waals surface area contributed by atoms with Gasteiger partial charge in [0.25, 0.3) is 0 Å². The van der Waals surface area contributed by atoms with Gasteiger partial charge in [-0.15, -0.1) is 0 Å². The molecule has 0 aliphatic carbocycles. The average molecular weight is 212 g/mol. The molecule has 1 heteroatoms. The highest BCUT2D eigenvalue weighted by molar-refractivity contribution is 5.41. The lowest BCUT2D eigenvalue weighted by Crippen LogP contribution is -2.39. The van der Waals surface area contributed by atoms with Gasteiger partial charge >= 0.3 is 0 Å². The first-order chi connectivity index (χ1) is 7.68. The molecule has 0 heterocycles. The number of nitrogens with zero attached hydrogens (tertiary/aromatic N) is 1. The fraction of sp³-hybridized carbons (Fsp3) is 0.200. The molecule has 0 fully saturated rings. The van der Waals surface area contributed by atoms with Crippen LogP contribution in [0.15, 0.2) is 60.7 Å². The van der Waals surface area contributed by atoms with Crippen LogP contribution in [-0.2, 0) is 6.54 Å². The number of hydrogen-bond acceptors (Lipinski definition) is 0. The van der Waals surface area contributed by atoms with Crippen molar-refractivity contribution < 1.29 is 0 Å². The van der Waals surface area contributed by atoms with Crippen molar-refractivity contribution in [3.8, 4) is 0 Å². The van der Waals surface area contributed by atoms with Crippen LogP contribution < -0.4 is 4.48 Å². The Labute approximate surface area is 97.6 Å². The van der Waals surface area contributed by atoms with E-state index in [4.69, 9.17) is 0 Å².